The van der Waals surface area contributed by atoms with Crippen LogP contribution in [0.15, 0.2) is 107 Å². The molecule has 0 bridgehead atoms. The number of anilines is 1. The Hall–Kier alpha value is -5.17. The standard InChI is InChI=1S/C49H57ClN2O4.C2H4O2/c1-34-18-17-19-35(2)47(34)56-45(55)25-10-8-16-33-52-41-23-14-12-21-39(41)49(5,6)43(52)31-29-37-27-26-36(46(37)50)28-30-42-48(3,4)38-20-11-13-22-40(38)51(42)32-15-7-9-24-44(53)54;1-2(3)4/h11-14,17-23,28-29,31,36H,7-10,15-16,24-27,32-33H2,1-6H3;1H3,(H,3,4)/b31-29+;. The number of esters is 1. The van der Waals surface area contributed by atoms with Gasteiger partial charge >= 0.3 is 11.9 Å². The van der Waals surface area contributed by atoms with Crippen molar-refractivity contribution in [3.63, 3.8) is 0 Å². The van der Waals surface area contributed by atoms with Crippen LogP contribution in [0.1, 0.15) is 121 Å². The summed E-state index contributed by atoms with van der Waals surface area (Å²) in [5.74, 6) is -1.21. The van der Waals surface area contributed by atoms with Crippen molar-refractivity contribution in [2.24, 2.45) is 5.92 Å². The molecule has 0 saturated heterocycles. The second-order valence-electron chi connectivity index (χ2n) is 17.2. The Morgan fingerprint density at radius 1 is 0.867 bits per heavy atom. The number of benzene rings is 3. The molecular formula is C51H61ClN2O6. The molecule has 2 aliphatic heterocycles. The molecule has 1 atom stereocenters. The zero-order valence-electron chi connectivity index (χ0n) is 36.4. The van der Waals surface area contributed by atoms with E-state index in [4.69, 9.17) is 31.3 Å². The molecule has 0 spiro atoms. The fourth-order valence-corrected chi connectivity index (χ4v) is 9.06. The number of halogens is 1. The summed E-state index contributed by atoms with van der Waals surface area (Å²) in [6.45, 7) is 15.7. The number of unbranched alkanes of at least 4 members (excludes halogenated alkanes) is 4. The van der Waals surface area contributed by atoms with Crippen molar-refractivity contribution in [3.05, 3.63) is 129 Å². The van der Waals surface area contributed by atoms with Gasteiger partial charge in [0.2, 0.25) is 5.69 Å². The van der Waals surface area contributed by atoms with Gasteiger partial charge in [-0.1, -0.05) is 78.7 Å². The summed E-state index contributed by atoms with van der Waals surface area (Å²) in [5, 5.41) is 18.9. The molecule has 8 nitrogen and oxygen atoms in total. The second kappa shape index (κ2) is 20.4. The van der Waals surface area contributed by atoms with E-state index in [9.17, 15) is 9.59 Å². The van der Waals surface area contributed by atoms with Crippen LogP contribution in [-0.4, -0.2) is 46.4 Å². The number of hydrogen-bond acceptors (Lipinski definition) is 6. The number of nitrogens with zero attached hydrogens (tertiary/aromatic N) is 2. The van der Waals surface area contributed by atoms with Gasteiger partial charge in [0.25, 0.3) is 0 Å². The first kappa shape index (κ1) is 45.9. The van der Waals surface area contributed by atoms with Crippen molar-refractivity contribution >= 4 is 46.6 Å². The minimum Gasteiger partial charge on any atom is -0.550 e. The van der Waals surface area contributed by atoms with Crippen LogP contribution < -0.4 is 14.7 Å². The average molecular weight is 834 g/mol. The van der Waals surface area contributed by atoms with Crippen LogP contribution in [0.3, 0.4) is 0 Å². The van der Waals surface area contributed by atoms with E-state index >= 15 is 0 Å². The lowest BCUT2D eigenvalue weighted by atomic mass is 9.81. The quantitative estimate of drug-likeness (QED) is 0.0503. The smallest absolute Gasteiger partial charge is 0.311 e. The van der Waals surface area contributed by atoms with Crippen LogP contribution in [0.2, 0.25) is 0 Å². The summed E-state index contributed by atoms with van der Waals surface area (Å²) in [4.78, 5) is 35.0. The van der Waals surface area contributed by atoms with Gasteiger partial charge in [-0.25, -0.2) is 0 Å². The van der Waals surface area contributed by atoms with Gasteiger partial charge in [-0.15, -0.1) is 5.73 Å². The summed E-state index contributed by atoms with van der Waals surface area (Å²) < 4.78 is 8.20. The van der Waals surface area contributed by atoms with Crippen molar-refractivity contribution in [1.82, 2.24) is 0 Å². The lowest BCUT2D eigenvalue weighted by Gasteiger charge is -2.25. The van der Waals surface area contributed by atoms with Gasteiger partial charge in [-0.3, -0.25) is 9.59 Å². The van der Waals surface area contributed by atoms with Crippen LogP contribution >= 0.6 is 11.6 Å². The summed E-state index contributed by atoms with van der Waals surface area (Å²) in [5.41, 5.74) is 14.0. The van der Waals surface area contributed by atoms with Crippen molar-refractivity contribution in [2.45, 2.75) is 124 Å². The molecule has 1 aliphatic carbocycles. The lowest BCUT2D eigenvalue weighted by molar-refractivity contribution is -0.438. The van der Waals surface area contributed by atoms with Crippen molar-refractivity contribution < 1.29 is 33.9 Å². The van der Waals surface area contributed by atoms with Gasteiger partial charge in [0.15, 0.2) is 5.71 Å². The largest absolute Gasteiger partial charge is 0.550 e. The number of aryl methyl sites for hydroxylation is 2. The number of para-hydroxylation sites is 3. The predicted octanol–water partition coefficient (Wildman–Crippen LogP) is 10.5. The van der Waals surface area contributed by atoms with Crippen molar-refractivity contribution in [1.29, 1.82) is 0 Å². The molecule has 60 heavy (non-hydrogen) atoms. The maximum absolute atomic E-state index is 12.7. The van der Waals surface area contributed by atoms with Gasteiger partial charge in [0, 0.05) is 71.5 Å². The highest BCUT2D eigenvalue weighted by Gasteiger charge is 2.44. The summed E-state index contributed by atoms with van der Waals surface area (Å²) in [6, 6.07) is 23.2. The van der Waals surface area contributed by atoms with Crippen LogP contribution in [0.4, 0.5) is 11.4 Å². The molecular weight excluding hydrogens is 772 g/mol. The number of hydrogen-bond donors (Lipinski definition) is 1. The minimum atomic E-state index is -1.08. The van der Waals surface area contributed by atoms with Gasteiger partial charge in [0.1, 0.15) is 12.3 Å². The maximum atomic E-state index is 12.7. The molecule has 0 amide bonds. The predicted molar refractivity (Wildman–Crippen MR) is 239 cm³/mol. The molecule has 318 valence electrons. The number of carbonyl (C=O) groups excluding carboxylic acids is 2. The van der Waals surface area contributed by atoms with E-state index < -0.39 is 11.9 Å². The maximum Gasteiger partial charge on any atom is 0.311 e. The lowest BCUT2D eigenvalue weighted by Crippen LogP contribution is -2.28. The zero-order chi connectivity index (χ0) is 43.6. The van der Waals surface area contributed by atoms with E-state index in [0.29, 0.717) is 18.6 Å². The molecule has 0 radical (unpaired) electrons. The third-order valence-corrected chi connectivity index (χ3v) is 12.4. The Balaban J connectivity index is 0.00000163. The number of allylic oxidation sites excluding steroid dienone is 5. The molecule has 6 rings (SSSR count). The Morgan fingerprint density at radius 3 is 2.20 bits per heavy atom. The van der Waals surface area contributed by atoms with Crippen LogP contribution in [0.5, 0.6) is 5.75 Å². The number of carboxylic acids is 2. The Bertz CT molecular complexity index is 2210. The number of ether oxygens (including phenoxy) is 1. The molecule has 1 unspecified atom stereocenters. The monoisotopic (exact) mass is 832 g/mol. The molecule has 3 aliphatic rings. The highest BCUT2D eigenvalue weighted by atomic mass is 35.5. The molecule has 2 heterocycles. The van der Waals surface area contributed by atoms with Gasteiger partial charge < -0.3 is 24.6 Å². The van der Waals surface area contributed by atoms with Crippen LogP contribution in [-0.2, 0) is 25.2 Å². The van der Waals surface area contributed by atoms with E-state index in [2.05, 4.69) is 110 Å². The van der Waals surface area contributed by atoms with Crippen LogP contribution in [0.25, 0.3) is 0 Å². The summed E-state index contributed by atoms with van der Waals surface area (Å²) in [7, 11) is 0. The highest BCUT2D eigenvalue weighted by Crippen LogP contribution is 2.48. The SMILES string of the molecule is CC(=O)[O-].Cc1cccc(C)c1OC(=O)CCCCC[N+]1=C(/C=C/C2=C(Cl)C(C=C=C3N(CCCCCC(=O)O)c4ccccc4C3(C)C)CC2)C(C)(C)c2ccccc21. The number of carboxylic acid groups (broad SMARTS) is 2. The number of carbonyl (C=O) groups is 3. The first-order valence-corrected chi connectivity index (χ1v) is 21.7. The summed E-state index contributed by atoms with van der Waals surface area (Å²) in [6.07, 6.45) is 14.3. The molecule has 0 fully saturated rings. The van der Waals surface area contributed by atoms with E-state index in [1.807, 2.05) is 32.0 Å². The molecule has 3 aromatic rings. The first-order valence-electron chi connectivity index (χ1n) is 21.4. The first-order chi connectivity index (χ1) is 28.5. The second-order valence-corrected chi connectivity index (χ2v) is 17.6. The zero-order valence-corrected chi connectivity index (χ0v) is 37.2. The van der Waals surface area contributed by atoms with E-state index in [1.165, 1.54) is 33.8 Å². The molecule has 3 aromatic carbocycles. The fourth-order valence-electron chi connectivity index (χ4n) is 8.73. The fraction of sp³-hybridized carbons (Fsp3) is 0.431. The van der Waals surface area contributed by atoms with E-state index in [1.54, 1.807) is 0 Å². The third-order valence-electron chi connectivity index (χ3n) is 11.9. The van der Waals surface area contributed by atoms with Gasteiger partial charge in [-0.05, 0) is 121 Å². The van der Waals surface area contributed by atoms with Crippen molar-refractivity contribution in [2.75, 3.05) is 18.0 Å². The average Bonchev–Trinajstić information content (AvgIpc) is 3.73. The molecule has 0 saturated carbocycles. The summed E-state index contributed by atoms with van der Waals surface area (Å²) >= 11 is 7.19. The minimum absolute atomic E-state index is 0.0945. The number of rotatable bonds is 16. The Labute approximate surface area is 361 Å². The van der Waals surface area contributed by atoms with E-state index in [-0.39, 0.29) is 29.1 Å². The molecule has 9 heteroatoms. The van der Waals surface area contributed by atoms with Crippen LogP contribution in [0, 0.1) is 19.8 Å². The topological polar surface area (TPSA) is 110 Å². The van der Waals surface area contributed by atoms with Gasteiger partial charge in [-0.2, -0.15) is 4.58 Å². The third kappa shape index (κ3) is 11.0. The highest BCUT2D eigenvalue weighted by molar-refractivity contribution is 6.30. The Morgan fingerprint density at radius 2 is 1.50 bits per heavy atom. The van der Waals surface area contributed by atoms with Gasteiger partial charge in [0.05, 0.1) is 11.1 Å². The number of aliphatic carboxylic acids is 2. The Kier molecular flexibility index (Phi) is 15.6. The van der Waals surface area contributed by atoms with Crippen molar-refractivity contribution in [3.8, 4) is 5.75 Å². The van der Waals surface area contributed by atoms with E-state index in [0.717, 1.165) is 86.8 Å². The molecule has 0 aromatic heterocycles. The number of fused-ring (bicyclic) bond motifs is 2. The molecule has 1 N–H and O–H groups in total. The normalized spacial score (nSPS) is 17.3.